The van der Waals surface area contributed by atoms with E-state index in [9.17, 15) is 9.59 Å². The van der Waals surface area contributed by atoms with E-state index in [4.69, 9.17) is 10.5 Å². The number of likely N-dealkylation sites (N-methyl/N-ethyl adjacent to an activating group) is 1. The van der Waals surface area contributed by atoms with Gasteiger partial charge in [0.1, 0.15) is 6.61 Å². The number of nitrogens with two attached hydrogens (primary N) is 1. The number of nitrogens with zero attached hydrogens (tertiary/aromatic N) is 4. The van der Waals surface area contributed by atoms with E-state index in [1.807, 2.05) is 17.0 Å². The number of amides is 2. The molecule has 0 saturated carbocycles. The van der Waals surface area contributed by atoms with Crippen LogP contribution >= 0.6 is 0 Å². The molecule has 35 heavy (non-hydrogen) atoms. The van der Waals surface area contributed by atoms with Crippen molar-refractivity contribution in [2.24, 2.45) is 5.92 Å². The maximum atomic E-state index is 12.7. The molecule has 8 heteroatoms. The molecule has 1 aliphatic heterocycles. The molecular formula is C27H37N5O3. The largest absolute Gasteiger partial charge is 0.487 e. The standard InChI is InChI=1S/C27H37N5O3/c1-6-24(33)30(5)13-14-35-26-23(9-10-29-27(26)28)21-7-8-22(20(4)15-21)17-32-12-11-31(16-19(2)3)18-25(32)34/h6-10,15,19H,1,11-14,16-18H2,2-5H3,(H2,28,29). The highest BCUT2D eigenvalue weighted by atomic mass is 16.5. The second kappa shape index (κ2) is 11.8. The summed E-state index contributed by atoms with van der Waals surface area (Å²) in [7, 11) is 1.69. The molecule has 1 aromatic carbocycles. The van der Waals surface area contributed by atoms with Crippen LogP contribution in [0.5, 0.6) is 5.75 Å². The van der Waals surface area contributed by atoms with Gasteiger partial charge in [0.2, 0.25) is 11.8 Å². The zero-order valence-corrected chi connectivity index (χ0v) is 21.3. The summed E-state index contributed by atoms with van der Waals surface area (Å²) < 4.78 is 5.96. The number of aromatic nitrogens is 1. The van der Waals surface area contributed by atoms with Crippen molar-refractivity contribution in [3.8, 4) is 16.9 Å². The summed E-state index contributed by atoms with van der Waals surface area (Å²) in [5, 5.41) is 0. The molecule has 2 amide bonds. The Bertz CT molecular complexity index is 1070. The zero-order valence-electron chi connectivity index (χ0n) is 21.3. The van der Waals surface area contributed by atoms with Gasteiger partial charge >= 0.3 is 0 Å². The Morgan fingerprint density at radius 3 is 2.74 bits per heavy atom. The number of piperazine rings is 1. The number of aryl methyl sites for hydroxylation is 1. The van der Waals surface area contributed by atoms with E-state index < -0.39 is 0 Å². The average molecular weight is 480 g/mol. The number of hydrogen-bond donors (Lipinski definition) is 1. The first-order chi connectivity index (χ1) is 16.7. The van der Waals surface area contributed by atoms with Gasteiger partial charge in [-0.3, -0.25) is 14.5 Å². The Labute approximate surface area is 208 Å². The molecule has 2 heterocycles. The first-order valence-electron chi connectivity index (χ1n) is 12.0. The third-order valence-corrected chi connectivity index (χ3v) is 6.19. The van der Waals surface area contributed by atoms with Crippen LogP contribution < -0.4 is 10.5 Å². The number of rotatable bonds is 10. The van der Waals surface area contributed by atoms with E-state index in [0.717, 1.165) is 41.9 Å². The monoisotopic (exact) mass is 479 g/mol. The molecule has 0 spiro atoms. The maximum Gasteiger partial charge on any atom is 0.245 e. The van der Waals surface area contributed by atoms with Crippen LogP contribution in [0.4, 0.5) is 5.82 Å². The lowest BCUT2D eigenvalue weighted by Crippen LogP contribution is -2.50. The Balaban J connectivity index is 1.70. The molecule has 2 N–H and O–H groups in total. The Hall–Kier alpha value is -3.39. The quantitative estimate of drug-likeness (QED) is 0.527. The number of carbonyl (C=O) groups excluding carboxylic acids is 2. The van der Waals surface area contributed by atoms with E-state index in [2.05, 4.69) is 49.4 Å². The number of anilines is 1. The molecule has 0 radical (unpaired) electrons. The number of ether oxygens (including phenoxy) is 1. The van der Waals surface area contributed by atoms with Crippen LogP contribution in [0.2, 0.25) is 0 Å². The Morgan fingerprint density at radius 2 is 2.09 bits per heavy atom. The number of hydrogen-bond acceptors (Lipinski definition) is 6. The molecule has 0 aliphatic carbocycles. The summed E-state index contributed by atoms with van der Waals surface area (Å²) in [6.45, 7) is 14.3. The van der Waals surface area contributed by atoms with Crippen LogP contribution in [0.15, 0.2) is 43.1 Å². The summed E-state index contributed by atoms with van der Waals surface area (Å²) in [5.41, 5.74) is 10.1. The van der Waals surface area contributed by atoms with Gasteiger partial charge in [-0.25, -0.2) is 4.98 Å². The van der Waals surface area contributed by atoms with Crippen molar-refractivity contribution in [2.45, 2.75) is 27.3 Å². The highest BCUT2D eigenvalue weighted by Gasteiger charge is 2.24. The molecule has 1 fully saturated rings. The van der Waals surface area contributed by atoms with E-state index in [1.165, 1.54) is 11.0 Å². The van der Waals surface area contributed by atoms with Crippen molar-refractivity contribution >= 4 is 17.6 Å². The van der Waals surface area contributed by atoms with Crippen LogP contribution in [-0.2, 0) is 16.1 Å². The van der Waals surface area contributed by atoms with Gasteiger partial charge in [0.05, 0.1) is 13.1 Å². The van der Waals surface area contributed by atoms with Gasteiger partial charge in [-0.15, -0.1) is 0 Å². The van der Waals surface area contributed by atoms with Crippen LogP contribution in [-0.4, -0.2) is 77.9 Å². The van der Waals surface area contributed by atoms with Gasteiger partial charge < -0.3 is 20.3 Å². The molecule has 0 atom stereocenters. The first kappa shape index (κ1) is 26.2. The van der Waals surface area contributed by atoms with Crippen molar-refractivity contribution in [3.63, 3.8) is 0 Å². The molecule has 2 aromatic rings. The van der Waals surface area contributed by atoms with Crippen molar-refractivity contribution < 1.29 is 14.3 Å². The highest BCUT2D eigenvalue weighted by Crippen LogP contribution is 2.34. The topological polar surface area (TPSA) is 92.0 Å². The van der Waals surface area contributed by atoms with E-state index in [-0.39, 0.29) is 18.4 Å². The molecule has 1 aromatic heterocycles. The number of nitrogen functional groups attached to an aromatic ring is 1. The van der Waals surface area contributed by atoms with E-state index >= 15 is 0 Å². The smallest absolute Gasteiger partial charge is 0.245 e. The molecule has 188 valence electrons. The Morgan fingerprint density at radius 1 is 1.31 bits per heavy atom. The van der Waals surface area contributed by atoms with Crippen LogP contribution in [0, 0.1) is 12.8 Å². The summed E-state index contributed by atoms with van der Waals surface area (Å²) in [6.07, 6.45) is 2.93. The number of benzene rings is 1. The number of carbonyl (C=O) groups is 2. The SMILES string of the molecule is C=CC(=O)N(C)CCOc1c(-c2ccc(CN3CCN(CC(C)C)CC3=O)c(C)c2)ccnc1N. The minimum Gasteiger partial charge on any atom is -0.487 e. The van der Waals surface area contributed by atoms with Crippen molar-refractivity contribution in [1.29, 1.82) is 0 Å². The molecule has 3 rings (SSSR count). The molecule has 0 unspecified atom stereocenters. The second-order valence-corrected chi connectivity index (χ2v) is 9.47. The van der Waals surface area contributed by atoms with Gasteiger partial charge in [0, 0.05) is 45.0 Å². The fourth-order valence-corrected chi connectivity index (χ4v) is 4.24. The van der Waals surface area contributed by atoms with Crippen molar-refractivity contribution in [3.05, 3.63) is 54.2 Å². The minimum atomic E-state index is -0.168. The van der Waals surface area contributed by atoms with Gasteiger partial charge in [-0.1, -0.05) is 38.6 Å². The lowest BCUT2D eigenvalue weighted by atomic mass is 9.99. The average Bonchev–Trinajstić information content (AvgIpc) is 2.81. The minimum absolute atomic E-state index is 0.168. The lowest BCUT2D eigenvalue weighted by Gasteiger charge is -2.35. The molecule has 0 bridgehead atoms. The van der Waals surface area contributed by atoms with Crippen LogP contribution in [0.3, 0.4) is 0 Å². The van der Waals surface area contributed by atoms with Gasteiger partial charge in [-0.2, -0.15) is 0 Å². The predicted molar refractivity (Wildman–Crippen MR) is 139 cm³/mol. The van der Waals surface area contributed by atoms with Crippen molar-refractivity contribution in [1.82, 2.24) is 19.7 Å². The number of pyridine rings is 1. The highest BCUT2D eigenvalue weighted by molar-refractivity contribution is 5.86. The van der Waals surface area contributed by atoms with Crippen LogP contribution in [0.25, 0.3) is 11.1 Å². The summed E-state index contributed by atoms with van der Waals surface area (Å²) in [6, 6.07) is 8.05. The predicted octanol–water partition coefficient (Wildman–Crippen LogP) is 2.96. The van der Waals surface area contributed by atoms with Crippen molar-refractivity contribution in [2.75, 3.05) is 52.1 Å². The van der Waals surface area contributed by atoms with Gasteiger partial charge in [0.25, 0.3) is 0 Å². The van der Waals surface area contributed by atoms with Gasteiger partial charge in [-0.05, 0) is 41.7 Å². The molecule has 8 nitrogen and oxygen atoms in total. The first-order valence-corrected chi connectivity index (χ1v) is 12.0. The van der Waals surface area contributed by atoms with Crippen LogP contribution in [0.1, 0.15) is 25.0 Å². The summed E-state index contributed by atoms with van der Waals surface area (Å²) in [5.74, 6) is 1.36. The second-order valence-electron chi connectivity index (χ2n) is 9.47. The third-order valence-electron chi connectivity index (χ3n) is 6.19. The third kappa shape index (κ3) is 6.82. The molecule has 1 saturated heterocycles. The zero-order chi connectivity index (χ0) is 25.5. The fourth-order valence-electron chi connectivity index (χ4n) is 4.24. The molecular weight excluding hydrogens is 442 g/mol. The summed E-state index contributed by atoms with van der Waals surface area (Å²) in [4.78, 5) is 34.3. The van der Waals surface area contributed by atoms with Gasteiger partial charge in [0.15, 0.2) is 11.6 Å². The van der Waals surface area contributed by atoms with E-state index in [0.29, 0.717) is 37.1 Å². The summed E-state index contributed by atoms with van der Waals surface area (Å²) >= 11 is 0. The maximum absolute atomic E-state index is 12.7. The fraction of sp³-hybridized carbons (Fsp3) is 0.444. The lowest BCUT2D eigenvalue weighted by molar-refractivity contribution is -0.136. The molecule has 1 aliphatic rings. The van der Waals surface area contributed by atoms with E-state index in [1.54, 1.807) is 13.2 Å². The normalized spacial score (nSPS) is 14.3. The Kier molecular flexibility index (Phi) is 8.87.